The molecule has 2 aliphatic heterocycles. The molecule has 1 fully saturated rings. The topological polar surface area (TPSA) is 127 Å². The van der Waals surface area contributed by atoms with Gasteiger partial charge in [-0.25, -0.2) is 13.1 Å². The lowest BCUT2D eigenvalue weighted by Gasteiger charge is -2.42. The number of rotatable bonds is 5. The van der Waals surface area contributed by atoms with Crippen molar-refractivity contribution in [2.75, 3.05) is 19.6 Å². The Morgan fingerprint density at radius 1 is 1.09 bits per heavy atom. The maximum Gasteiger partial charge on any atom is 0.317 e. The summed E-state index contributed by atoms with van der Waals surface area (Å²) in [6, 6.07) is 6.87. The molecule has 0 bridgehead atoms. The average Bonchev–Trinajstić information content (AvgIpc) is 2.72. The molecule has 0 saturated carbocycles. The second-order valence-corrected chi connectivity index (χ2v) is 12.5. The van der Waals surface area contributed by atoms with Crippen LogP contribution in [-0.2, 0) is 21.2 Å². The van der Waals surface area contributed by atoms with E-state index in [2.05, 4.69) is 4.72 Å². The van der Waals surface area contributed by atoms with Gasteiger partial charge in [0.2, 0.25) is 10.0 Å². The Kier molecular flexibility index (Phi) is 6.36. The van der Waals surface area contributed by atoms with Crippen molar-refractivity contribution >= 4 is 26.6 Å². The Hall–Kier alpha value is -1.95. The third kappa shape index (κ3) is 4.31. The Balaban J connectivity index is 1.70. The standard InChI is InChI=1S/C23H30N2O6S2/c1-14-15(2)22(33(30,31)24-18-8-10-25(11-9-18)13-21(26)27)16(3)23-19(14)12-17-6-4-5-7-20(17)32(23,28)29/h4-7,18,24,28-29H,8-13H2,1-3H3,(H,26,27). The fourth-order valence-electron chi connectivity index (χ4n) is 5.09. The molecule has 2 aromatic rings. The van der Waals surface area contributed by atoms with Gasteiger partial charge in [0.15, 0.2) is 0 Å². The zero-order chi connectivity index (χ0) is 24.1. The van der Waals surface area contributed by atoms with E-state index < -0.39 is 26.6 Å². The van der Waals surface area contributed by atoms with E-state index in [1.807, 2.05) is 19.1 Å². The summed E-state index contributed by atoms with van der Waals surface area (Å²) in [5.74, 6) is -0.898. The molecule has 33 heavy (non-hydrogen) atoms. The molecule has 0 aromatic heterocycles. The number of sulfonamides is 1. The van der Waals surface area contributed by atoms with E-state index in [4.69, 9.17) is 5.11 Å². The number of nitrogens with zero attached hydrogens (tertiary/aromatic N) is 1. The van der Waals surface area contributed by atoms with E-state index in [1.165, 1.54) is 0 Å². The lowest BCUT2D eigenvalue weighted by Crippen LogP contribution is -2.46. The molecule has 0 spiro atoms. The van der Waals surface area contributed by atoms with Crippen LogP contribution in [0, 0.1) is 20.8 Å². The summed E-state index contributed by atoms with van der Waals surface area (Å²) in [7, 11) is -7.30. The first-order valence-electron chi connectivity index (χ1n) is 10.9. The van der Waals surface area contributed by atoms with Crippen LogP contribution in [0.2, 0.25) is 0 Å². The summed E-state index contributed by atoms with van der Waals surface area (Å²) in [4.78, 5) is 13.6. The SMILES string of the molecule is Cc1c(C)c(S(=O)(=O)NC2CCN(CC(=O)O)CC2)c(C)c2c1Cc1ccccc1S2(O)O. The molecule has 4 N–H and O–H groups in total. The average molecular weight is 495 g/mol. The number of carboxylic acids is 1. The van der Waals surface area contributed by atoms with Crippen LogP contribution in [-0.4, -0.2) is 59.2 Å². The summed E-state index contributed by atoms with van der Waals surface area (Å²) >= 11 is 0. The molecule has 8 nitrogen and oxygen atoms in total. The molecule has 0 aliphatic carbocycles. The van der Waals surface area contributed by atoms with Crippen LogP contribution in [0.4, 0.5) is 0 Å². The van der Waals surface area contributed by atoms with Crippen molar-refractivity contribution in [2.45, 2.75) is 60.8 Å². The fraction of sp³-hybridized carbons (Fsp3) is 0.435. The second kappa shape index (κ2) is 8.68. The molecule has 0 atom stereocenters. The predicted molar refractivity (Wildman–Crippen MR) is 127 cm³/mol. The van der Waals surface area contributed by atoms with Gasteiger partial charge >= 0.3 is 5.97 Å². The molecule has 0 radical (unpaired) electrons. The van der Waals surface area contributed by atoms with Crippen molar-refractivity contribution in [1.29, 1.82) is 0 Å². The Labute approximate surface area is 196 Å². The van der Waals surface area contributed by atoms with Gasteiger partial charge in [-0.15, -0.1) is 10.6 Å². The Morgan fingerprint density at radius 2 is 1.73 bits per heavy atom. The number of piperidine rings is 1. The number of carbonyl (C=O) groups is 1. The fourth-order valence-corrected chi connectivity index (χ4v) is 9.10. The number of fused-ring (bicyclic) bond motifs is 2. The van der Waals surface area contributed by atoms with E-state index in [1.54, 1.807) is 30.9 Å². The van der Waals surface area contributed by atoms with Crippen LogP contribution < -0.4 is 4.72 Å². The Morgan fingerprint density at radius 3 is 2.36 bits per heavy atom. The molecule has 10 heteroatoms. The van der Waals surface area contributed by atoms with Crippen molar-refractivity contribution in [3.8, 4) is 0 Å². The third-order valence-corrected chi connectivity index (χ3v) is 10.7. The first-order valence-corrected chi connectivity index (χ1v) is 13.9. The number of carboxylic acid groups (broad SMARTS) is 1. The smallest absolute Gasteiger partial charge is 0.317 e. The van der Waals surface area contributed by atoms with Crippen LogP contribution in [0.25, 0.3) is 0 Å². The van der Waals surface area contributed by atoms with Gasteiger partial charge < -0.3 is 5.11 Å². The highest BCUT2D eigenvalue weighted by Crippen LogP contribution is 2.63. The lowest BCUT2D eigenvalue weighted by atomic mass is 9.94. The maximum absolute atomic E-state index is 13.5. The van der Waals surface area contributed by atoms with Crippen LogP contribution in [0.15, 0.2) is 39.0 Å². The van der Waals surface area contributed by atoms with Gasteiger partial charge in [0.05, 0.1) is 21.2 Å². The van der Waals surface area contributed by atoms with Crippen molar-refractivity contribution < 1.29 is 27.4 Å². The van der Waals surface area contributed by atoms with Crippen LogP contribution in [0.1, 0.15) is 40.7 Å². The molecule has 4 rings (SSSR count). The summed E-state index contributed by atoms with van der Waals surface area (Å²) in [6.45, 7) is 6.19. The predicted octanol–water partition coefficient (Wildman–Crippen LogP) is 3.51. The molecule has 1 saturated heterocycles. The van der Waals surface area contributed by atoms with Crippen LogP contribution in [0.3, 0.4) is 0 Å². The van der Waals surface area contributed by atoms with E-state index in [-0.39, 0.29) is 17.5 Å². The van der Waals surface area contributed by atoms with E-state index >= 15 is 0 Å². The number of hydrogen-bond donors (Lipinski definition) is 4. The second-order valence-electron chi connectivity index (χ2n) is 8.91. The number of benzene rings is 2. The highest BCUT2D eigenvalue weighted by Gasteiger charge is 2.37. The number of hydrogen-bond acceptors (Lipinski definition) is 6. The first kappa shape index (κ1) is 24.2. The van der Waals surface area contributed by atoms with Gasteiger partial charge in [-0.1, -0.05) is 18.2 Å². The summed E-state index contributed by atoms with van der Waals surface area (Å²) in [5.41, 5.74) is 3.36. The number of nitrogens with one attached hydrogen (secondary N) is 1. The van der Waals surface area contributed by atoms with Gasteiger partial charge in [-0.3, -0.25) is 18.8 Å². The van der Waals surface area contributed by atoms with Crippen molar-refractivity contribution in [3.63, 3.8) is 0 Å². The molecule has 180 valence electrons. The molecule has 2 aliphatic rings. The minimum atomic E-state index is -3.94. The van der Waals surface area contributed by atoms with Crippen LogP contribution >= 0.6 is 10.6 Å². The molecular weight excluding hydrogens is 464 g/mol. The summed E-state index contributed by atoms with van der Waals surface area (Å²) in [6.07, 6.45) is 1.54. The summed E-state index contributed by atoms with van der Waals surface area (Å²) in [5, 5.41) is 8.96. The first-order chi connectivity index (χ1) is 15.4. The zero-order valence-corrected chi connectivity index (χ0v) is 20.6. The van der Waals surface area contributed by atoms with E-state index in [0.717, 1.165) is 16.7 Å². The monoisotopic (exact) mass is 494 g/mol. The van der Waals surface area contributed by atoms with Gasteiger partial charge in [0.25, 0.3) is 0 Å². The summed E-state index contributed by atoms with van der Waals surface area (Å²) < 4.78 is 52.4. The molecule has 2 heterocycles. The zero-order valence-electron chi connectivity index (χ0n) is 19.0. The maximum atomic E-state index is 13.5. The van der Waals surface area contributed by atoms with Crippen molar-refractivity contribution in [1.82, 2.24) is 9.62 Å². The third-order valence-electron chi connectivity index (χ3n) is 6.78. The van der Waals surface area contributed by atoms with Crippen LogP contribution in [0.5, 0.6) is 0 Å². The van der Waals surface area contributed by atoms with Gasteiger partial charge in [-0.05, 0) is 67.5 Å². The van der Waals surface area contributed by atoms with Gasteiger partial charge in [0.1, 0.15) is 0 Å². The van der Waals surface area contributed by atoms with E-state index in [9.17, 15) is 22.3 Å². The normalized spacial score (nSPS) is 19.5. The quantitative estimate of drug-likeness (QED) is 0.501. The number of aliphatic carboxylic acids is 1. The number of likely N-dealkylation sites (tertiary alicyclic amines) is 1. The minimum absolute atomic E-state index is 0.0545. The highest BCUT2D eigenvalue weighted by molar-refractivity contribution is 8.24. The molecular formula is C23H30N2O6S2. The minimum Gasteiger partial charge on any atom is -0.480 e. The largest absolute Gasteiger partial charge is 0.480 e. The Bertz CT molecular complexity index is 1220. The molecule has 2 aromatic carbocycles. The van der Waals surface area contributed by atoms with E-state index in [0.29, 0.717) is 53.3 Å². The van der Waals surface area contributed by atoms with Gasteiger partial charge in [-0.2, -0.15) is 0 Å². The van der Waals surface area contributed by atoms with Crippen molar-refractivity contribution in [2.24, 2.45) is 0 Å². The van der Waals surface area contributed by atoms with Gasteiger partial charge in [0, 0.05) is 25.6 Å². The van der Waals surface area contributed by atoms with Crippen molar-refractivity contribution in [3.05, 3.63) is 52.1 Å². The lowest BCUT2D eigenvalue weighted by molar-refractivity contribution is -0.138. The highest BCUT2D eigenvalue weighted by atomic mass is 32.3. The molecule has 0 unspecified atom stereocenters. The molecule has 0 amide bonds.